The molecule has 0 spiro atoms. The molecule has 2 rings (SSSR count). The highest BCUT2D eigenvalue weighted by Crippen LogP contribution is 2.23. The number of hydrogen-bond acceptors (Lipinski definition) is 2. The zero-order valence-corrected chi connectivity index (χ0v) is 12.1. The van der Waals surface area contributed by atoms with Gasteiger partial charge in [0, 0.05) is 5.69 Å². The minimum atomic E-state index is -0.0438. The third kappa shape index (κ3) is 3.35. The van der Waals surface area contributed by atoms with Crippen molar-refractivity contribution in [3.05, 3.63) is 29.3 Å². The van der Waals surface area contributed by atoms with Gasteiger partial charge in [-0.2, -0.15) is 0 Å². The SMILES string of the molecule is CCC1CCNC(C(=O)Nc2c(C)cccc2C)C1. The number of amides is 1. The molecule has 2 N–H and O–H groups in total. The first kappa shape index (κ1) is 14.1. The van der Waals surface area contributed by atoms with Gasteiger partial charge < -0.3 is 10.6 Å². The molecule has 0 saturated carbocycles. The van der Waals surface area contributed by atoms with E-state index in [1.165, 1.54) is 6.42 Å². The molecule has 1 aliphatic heterocycles. The second kappa shape index (κ2) is 6.20. The number of carbonyl (C=O) groups is 1. The zero-order valence-electron chi connectivity index (χ0n) is 12.1. The number of carbonyl (C=O) groups excluding carboxylic acids is 1. The van der Waals surface area contributed by atoms with E-state index in [-0.39, 0.29) is 11.9 Å². The Labute approximate surface area is 115 Å². The van der Waals surface area contributed by atoms with E-state index >= 15 is 0 Å². The Morgan fingerprint density at radius 2 is 2.05 bits per heavy atom. The van der Waals surface area contributed by atoms with Crippen LogP contribution in [0.3, 0.4) is 0 Å². The molecule has 0 aromatic heterocycles. The zero-order chi connectivity index (χ0) is 13.8. The number of aryl methyl sites for hydroxylation is 2. The molecule has 0 bridgehead atoms. The van der Waals surface area contributed by atoms with Crippen molar-refractivity contribution in [3.8, 4) is 0 Å². The van der Waals surface area contributed by atoms with Crippen LogP contribution in [0.25, 0.3) is 0 Å². The Hall–Kier alpha value is -1.35. The van der Waals surface area contributed by atoms with Crippen molar-refractivity contribution < 1.29 is 4.79 Å². The van der Waals surface area contributed by atoms with E-state index in [0.29, 0.717) is 5.92 Å². The number of piperidine rings is 1. The summed E-state index contributed by atoms with van der Waals surface area (Å²) in [5.74, 6) is 0.783. The topological polar surface area (TPSA) is 41.1 Å². The van der Waals surface area contributed by atoms with Crippen LogP contribution in [0.5, 0.6) is 0 Å². The Bertz CT molecular complexity index is 436. The first-order valence-electron chi connectivity index (χ1n) is 7.22. The maximum absolute atomic E-state index is 12.4. The highest BCUT2D eigenvalue weighted by molar-refractivity contribution is 5.96. The minimum absolute atomic E-state index is 0.0438. The fourth-order valence-corrected chi connectivity index (χ4v) is 2.79. The van der Waals surface area contributed by atoms with E-state index in [2.05, 4.69) is 17.6 Å². The van der Waals surface area contributed by atoms with Crippen LogP contribution in [0.15, 0.2) is 18.2 Å². The number of nitrogens with one attached hydrogen (secondary N) is 2. The van der Waals surface area contributed by atoms with E-state index < -0.39 is 0 Å². The molecule has 1 aromatic rings. The predicted molar refractivity (Wildman–Crippen MR) is 79.4 cm³/mol. The van der Waals surface area contributed by atoms with Gasteiger partial charge in [-0.1, -0.05) is 31.5 Å². The maximum Gasteiger partial charge on any atom is 0.241 e. The van der Waals surface area contributed by atoms with E-state index in [1.807, 2.05) is 32.0 Å². The average molecular weight is 260 g/mol. The molecule has 1 aromatic carbocycles. The van der Waals surface area contributed by atoms with Crippen molar-refractivity contribution in [1.29, 1.82) is 0 Å². The Balaban J connectivity index is 2.04. The van der Waals surface area contributed by atoms with E-state index in [0.717, 1.165) is 36.2 Å². The van der Waals surface area contributed by atoms with Crippen molar-refractivity contribution in [2.75, 3.05) is 11.9 Å². The van der Waals surface area contributed by atoms with Gasteiger partial charge in [-0.3, -0.25) is 4.79 Å². The van der Waals surface area contributed by atoms with Crippen LogP contribution < -0.4 is 10.6 Å². The van der Waals surface area contributed by atoms with Crippen LogP contribution in [-0.2, 0) is 4.79 Å². The summed E-state index contributed by atoms with van der Waals surface area (Å²) in [5, 5.41) is 6.42. The van der Waals surface area contributed by atoms with Crippen LogP contribution in [-0.4, -0.2) is 18.5 Å². The summed E-state index contributed by atoms with van der Waals surface area (Å²) < 4.78 is 0. The van der Waals surface area contributed by atoms with Gasteiger partial charge in [0.1, 0.15) is 0 Å². The number of rotatable bonds is 3. The summed E-state index contributed by atoms with van der Waals surface area (Å²) in [7, 11) is 0. The summed E-state index contributed by atoms with van der Waals surface area (Å²) in [5.41, 5.74) is 3.21. The molecule has 104 valence electrons. The van der Waals surface area contributed by atoms with Crippen LogP contribution in [0.4, 0.5) is 5.69 Å². The standard InChI is InChI=1S/C16H24N2O/c1-4-13-8-9-17-14(10-13)16(19)18-15-11(2)6-5-7-12(15)3/h5-7,13-14,17H,4,8-10H2,1-3H3,(H,18,19). The molecule has 3 nitrogen and oxygen atoms in total. The average Bonchev–Trinajstić information content (AvgIpc) is 2.43. The Morgan fingerprint density at radius 1 is 1.37 bits per heavy atom. The lowest BCUT2D eigenvalue weighted by atomic mass is 9.90. The van der Waals surface area contributed by atoms with Crippen molar-refractivity contribution in [1.82, 2.24) is 5.32 Å². The van der Waals surface area contributed by atoms with Gasteiger partial charge in [-0.25, -0.2) is 0 Å². The van der Waals surface area contributed by atoms with Gasteiger partial charge in [0.05, 0.1) is 6.04 Å². The van der Waals surface area contributed by atoms with Crippen LogP contribution in [0.1, 0.15) is 37.3 Å². The molecule has 1 aliphatic rings. The van der Waals surface area contributed by atoms with Gasteiger partial charge in [0.2, 0.25) is 5.91 Å². The minimum Gasteiger partial charge on any atom is -0.324 e. The summed E-state index contributed by atoms with van der Waals surface area (Å²) in [6.07, 6.45) is 3.30. The van der Waals surface area contributed by atoms with Crippen molar-refractivity contribution in [3.63, 3.8) is 0 Å². The fourth-order valence-electron chi connectivity index (χ4n) is 2.79. The van der Waals surface area contributed by atoms with E-state index in [1.54, 1.807) is 0 Å². The lowest BCUT2D eigenvalue weighted by Gasteiger charge is -2.29. The van der Waals surface area contributed by atoms with Gasteiger partial charge >= 0.3 is 0 Å². The molecule has 1 heterocycles. The van der Waals surface area contributed by atoms with Gasteiger partial charge in [0.25, 0.3) is 0 Å². The Morgan fingerprint density at radius 3 is 2.68 bits per heavy atom. The summed E-state index contributed by atoms with van der Waals surface area (Å²) in [4.78, 5) is 12.4. The van der Waals surface area contributed by atoms with Gasteiger partial charge in [-0.05, 0) is 50.3 Å². The first-order chi connectivity index (χ1) is 9.11. The molecular weight excluding hydrogens is 236 g/mol. The van der Waals surface area contributed by atoms with Gasteiger partial charge in [0.15, 0.2) is 0 Å². The number of hydrogen-bond donors (Lipinski definition) is 2. The molecule has 1 amide bonds. The highest BCUT2D eigenvalue weighted by atomic mass is 16.2. The van der Waals surface area contributed by atoms with Crippen LogP contribution in [0, 0.1) is 19.8 Å². The maximum atomic E-state index is 12.4. The second-order valence-corrected chi connectivity index (χ2v) is 5.56. The normalized spacial score (nSPS) is 23.1. The fraction of sp³-hybridized carbons (Fsp3) is 0.562. The summed E-state index contributed by atoms with van der Waals surface area (Å²) in [6.45, 7) is 7.22. The highest BCUT2D eigenvalue weighted by Gasteiger charge is 2.26. The van der Waals surface area contributed by atoms with E-state index in [9.17, 15) is 4.79 Å². The Kier molecular flexibility index (Phi) is 4.59. The first-order valence-corrected chi connectivity index (χ1v) is 7.22. The molecule has 1 fully saturated rings. The third-order valence-corrected chi connectivity index (χ3v) is 4.14. The lowest BCUT2D eigenvalue weighted by molar-refractivity contribution is -0.119. The lowest BCUT2D eigenvalue weighted by Crippen LogP contribution is -2.46. The second-order valence-electron chi connectivity index (χ2n) is 5.56. The molecule has 19 heavy (non-hydrogen) atoms. The largest absolute Gasteiger partial charge is 0.324 e. The molecular formula is C16H24N2O. The molecule has 3 heteroatoms. The number of anilines is 1. The van der Waals surface area contributed by atoms with Gasteiger partial charge in [-0.15, -0.1) is 0 Å². The quantitative estimate of drug-likeness (QED) is 0.877. The number of para-hydroxylation sites is 1. The molecule has 2 atom stereocenters. The number of benzene rings is 1. The molecule has 0 aliphatic carbocycles. The van der Waals surface area contributed by atoms with Crippen molar-refractivity contribution in [2.24, 2.45) is 5.92 Å². The van der Waals surface area contributed by atoms with E-state index in [4.69, 9.17) is 0 Å². The van der Waals surface area contributed by atoms with Crippen LogP contribution >= 0.6 is 0 Å². The molecule has 0 radical (unpaired) electrons. The predicted octanol–water partition coefficient (Wildman–Crippen LogP) is 3.02. The van der Waals surface area contributed by atoms with Crippen LogP contribution in [0.2, 0.25) is 0 Å². The van der Waals surface area contributed by atoms with Crippen molar-refractivity contribution in [2.45, 2.75) is 46.1 Å². The summed E-state index contributed by atoms with van der Waals surface area (Å²) in [6, 6.07) is 6.04. The van der Waals surface area contributed by atoms with Crippen molar-refractivity contribution >= 4 is 11.6 Å². The molecule has 2 unspecified atom stereocenters. The smallest absolute Gasteiger partial charge is 0.241 e. The summed E-state index contributed by atoms with van der Waals surface area (Å²) >= 11 is 0. The molecule has 1 saturated heterocycles. The monoisotopic (exact) mass is 260 g/mol. The third-order valence-electron chi connectivity index (χ3n) is 4.14.